The number of aromatic nitrogens is 1. The van der Waals surface area contributed by atoms with Gasteiger partial charge < -0.3 is 19.7 Å². The fourth-order valence-electron chi connectivity index (χ4n) is 6.05. The molecule has 1 aromatic carbocycles. The van der Waals surface area contributed by atoms with Crippen LogP contribution >= 0.6 is 0 Å². The highest BCUT2D eigenvalue weighted by Crippen LogP contribution is 2.59. The zero-order chi connectivity index (χ0) is 26.2. The molecule has 5 nitrogen and oxygen atoms in total. The summed E-state index contributed by atoms with van der Waals surface area (Å²) < 4.78 is 66.6. The minimum absolute atomic E-state index is 0.126. The molecule has 0 bridgehead atoms. The van der Waals surface area contributed by atoms with Gasteiger partial charge in [-0.2, -0.15) is 13.2 Å². The average molecular weight is 510 g/mol. The molecule has 3 unspecified atom stereocenters. The van der Waals surface area contributed by atoms with Crippen LogP contribution in [0.2, 0.25) is 0 Å². The van der Waals surface area contributed by atoms with Crippen LogP contribution in [0.4, 0.5) is 17.6 Å². The summed E-state index contributed by atoms with van der Waals surface area (Å²) in [6, 6.07) is 2.87. The molecular formula is C27H31F4NO4. The van der Waals surface area contributed by atoms with Gasteiger partial charge in [0, 0.05) is 42.9 Å². The predicted octanol–water partition coefficient (Wildman–Crippen LogP) is 5.98. The normalized spacial score (nSPS) is 26.8. The standard InChI is InChI=1S/C27H31F4NO4/c1-13(2)21-19-20(18-17(33)12-25(3,4)24(34)22(18)32-21)26(7-9-35-10-8-26)36-23(19)14-5-6-15(16(28)11-14)27(29,30)31/h5-6,11,13,17,23-24,33-34H,7-10,12H2,1-4H3. The van der Waals surface area contributed by atoms with Crippen molar-refractivity contribution in [1.29, 1.82) is 0 Å². The third kappa shape index (κ3) is 3.86. The van der Waals surface area contributed by atoms with E-state index in [1.54, 1.807) is 0 Å². The SMILES string of the molecule is CC(C)c1nc2c(c3c1C(c1ccc(C(F)(F)F)c(F)c1)OC31CCOCC1)C(O)CC(C)(C)C2O. The Morgan fingerprint density at radius 2 is 1.75 bits per heavy atom. The minimum Gasteiger partial charge on any atom is -0.388 e. The Balaban J connectivity index is 1.78. The van der Waals surface area contributed by atoms with E-state index in [0.29, 0.717) is 55.0 Å². The third-order valence-electron chi connectivity index (χ3n) is 7.89. The van der Waals surface area contributed by atoms with E-state index in [4.69, 9.17) is 14.5 Å². The lowest BCUT2D eigenvalue weighted by molar-refractivity contribution is -0.140. The monoisotopic (exact) mass is 509 g/mol. The molecule has 3 atom stereocenters. The van der Waals surface area contributed by atoms with Crippen molar-refractivity contribution in [1.82, 2.24) is 4.98 Å². The van der Waals surface area contributed by atoms with Gasteiger partial charge in [0.05, 0.1) is 23.0 Å². The zero-order valence-electron chi connectivity index (χ0n) is 20.7. The molecule has 1 aliphatic carbocycles. The van der Waals surface area contributed by atoms with Crippen molar-refractivity contribution in [2.75, 3.05) is 13.2 Å². The number of hydrogen-bond acceptors (Lipinski definition) is 5. The summed E-state index contributed by atoms with van der Waals surface area (Å²) >= 11 is 0. The van der Waals surface area contributed by atoms with Crippen LogP contribution in [0.3, 0.4) is 0 Å². The molecule has 1 spiro atoms. The van der Waals surface area contributed by atoms with Crippen LogP contribution in [0.15, 0.2) is 18.2 Å². The van der Waals surface area contributed by atoms with Gasteiger partial charge in [-0.3, -0.25) is 4.98 Å². The van der Waals surface area contributed by atoms with Gasteiger partial charge in [0.25, 0.3) is 0 Å². The second-order valence-electron chi connectivity index (χ2n) is 11.2. The van der Waals surface area contributed by atoms with E-state index < -0.39 is 46.9 Å². The number of aliphatic hydroxyl groups is 2. The lowest BCUT2D eigenvalue weighted by atomic mass is 9.68. The maximum Gasteiger partial charge on any atom is 0.419 e. The molecule has 2 N–H and O–H groups in total. The Hall–Kier alpha value is -2.07. The van der Waals surface area contributed by atoms with E-state index in [2.05, 4.69) is 0 Å². The van der Waals surface area contributed by atoms with E-state index in [1.165, 1.54) is 6.07 Å². The number of hydrogen-bond donors (Lipinski definition) is 2. The Labute approximate surface area is 207 Å². The molecule has 3 aliphatic rings. The van der Waals surface area contributed by atoms with E-state index in [9.17, 15) is 27.8 Å². The second-order valence-corrected chi connectivity index (χ2v) is 11.2. The van der Waals surface area contributed by atoms with Crippen molar-refractivity contribution in [3.05, 3.63) is 63.2 Å². The van der Waals surface area contributed by atoms with Gasteiger partial charge in [-0.1, -0.05) is 33.8 Å². The molecular weight excluding hydrogens is 478 g/mol. The first-order valence-corrected chi connectivity index (χ1v) is 12.3. The number of benzene rings is 1. The Morgan fingerprint density at radius 1 is 1.08 bits per heavy atom. The molecule has 1 saturated heterocycles. The highest BCUT2D eigenvalue weighted by molar-refractivity contribution is 5.55. The van der Waals surface area contributed by atoms with E-state index in [0.717, 1.165) is 17.7 Å². The molecule has 3 heterocycles. The fraction of sp³-hybridized carbons (Fsp3) is 0.593. The quantitative estimate of drug-likeness (QED) is 0.487. The van der Waals surface area contributed by atoms with Gasteiger partial charge in [0.1, 0.15) is 18.0 Å². The molecule has 0 saturated carbocycles. The third-order valence-corrected chi connectivity index (χ3v) is 7.89. The summed E-state index contributed by atoms with van der Waals surface area (Å²) in [5.74, 6) is -1.49. The van der Waals surface area contributed by atoms with E-state index in [1.807, 2.05) is 27.7 Å². The molecule has 0 radical (unpaired) electrons. The summed E-state index contributed by atoms with van der Waals surface area (Å²) in [6.45, 7) is 8.42. The maximum atomic E-state index is 14.7. The summed E-state index contributed by atoms with van der Waals surface area (Å²) in [4.78, 5) is 4.85. The summed E-state index contributed by atoms with van der Waals surface area (Å²) in [5.41, 5.74) is 0.353. The van der Waals surface area contributed by atoms with Crippen molar-refractivity contribution >= 4 is 0 Å². The number of halogens is 4. The van der Waals surface area contributed by atoms with Crippen molar-refractivity contribution in [2.45, 2.75) is 83.0 Å². The van der Waals surface area contributed by atoms with Crippen molar-refractivity contribution < 1.29 is 37.2 Å². The van der Waals surface area contributed by atoms with Crippen molar-refractivity contribution in [3.63, 3.8) is 0 Å². The first kappa shape index (κ1) is 25.6. The number of aliphatic hydroxyl groups excluding tert-OH is 2. The van der Waals surface area contributed by atoms with E-state index >= 15 is 0 Å². The zero-order valence-corrected chi connectivity index (χ0v) is 20.7. The Kier molecular flexibility index (Phi) is 6.02. The average Bonchev–Trinajstić information content (AvgIpc) is 3.10. The molecule has 1 aromatic heterocycles. The van der Waals surface area contributed by atoms with Crippen LogP contribution in [0.5, 0.6) is 0 Å². The molecule has 9 heteroatoms. The van der Waals surface area contributed by atoms with Gasteiger partial charge in [0.2, 0.25) is 0 Å². The van der Waals surface area contributed by atoms with Crippen LogP contribution in [0.1, 0.15) is 110 Å². The number of rotatable bonds is 2. The van der Waals surface area contributed by atoms with Gasteiger partial charge in [-0.15, -0.1) is 0 Å². The summed E-state index contributed by atoms with van der Waals surface area (Å²) in [6.07, 6.45) is -6.28. The number of nitrogens with zero attached hydrogens (tertiary/aromatic N) is 1. The number of ether oxygens (including phenoxy) is 2. The Bertz CT molecular complexity index is 1190. The summed E-state index contributed by atoms with van der Waals surface area (Å²) in [5, 5.41) is 22.6. The van der Waals surface area contributed by atoms with Gasteiger partial charge in [-0.05, 0) is 41.0 Å². The first-order valence-electron chi connectivity index (χ1n) is 12.3. The van der Waals surface area contributed by atoms with Crippen LogP contribution in [-0.4, -0.2) is 28.4 Å². The van der Waals surface area contributed by atoms with Crippen molar-refractivity contribution in [2.24, 2.45) is 5.41 Å². The van der Waals surface area contributed by atoms with Gasteiger partial charge in [-0.25, -0.2) is 4.39 Å². The molecule has 36 heavy (non-hydrogen) atoms. The van der Waals surface area contributed by atoms with Crippen LogP contribution < -0.4 is 0 Å². The smallest absolute Gasteiger partial charge is 0.388 e. The van der Waals surface area contributed by atoms with Crippen LogP contribution in [-0.2, 0) is 21.3 Å². The van der Waals surface area contributed by atoms with Crippen LogP contribution in [0.25, 0.3) is 0 Å². The molecule has 2 aliphatic heterocycles. The highest BCUT2D eigenvalue weighted by Gasteiger charge is 2.54. The van der Waals surface area contributed by atoms with Gasteiger partial charge >= 0.3 is 6.18 Å². The first-order chi connectivity index (χ1) is 16.8. The molecule has 196 valence electrons. The molecule has 5 rings (SSSR count). The topological polar surface area (TPSA) is 71.8 Å². The molecule has 1 fully saturated rings. The van der Waals surface area contributed by atoms with E-state index in [-0.39, 0.29) is 11.5 Å². The highest BCUT2D eigenvalue weighted by atomic mass is 19.4. The largest absolute Gasteiger partial charge is 0.419 e. The Morgan fingerprint density at radius 3 is 2.33 bits per heavy atom. The number of alkyl halides is 3. The maximum absolute atomic E-state index is 14.7. The minimum atomic E-state index is -4.81. The van der Waals surface area contributed by atoms with Gasteiger partial charge in [0.15, 0.2) is 0 Å². The molecule has 0 amide bonds. The lowest BCUT2D eigenvalue weighted by Gasteiger charge is -2.42. The fourth-order valence-corrected chi connectivity index (χ4v) is 6.05. The number of fused-ring (bicyclic) bond motifs is 4. The predicted molar refractivity (Wildman–Crippen MR) is 123 cm³/mol. The second kappa shape index (κ2) is 8.48. The lowest BCUT2D eigenvalue weighted by Crippen LogP contribution is -2.38. The van der Waals surface area contributed by atoms with Crippen molar-refractivity contribution in [3.8, 4) is 0 Å². The molecule has 2 aromatic rings. The van der Waals surface area contributed by atoms with Crippen LogP contribution in [0, 0.1) is 11.2 Å². The number of pyridine rings is 1. The summed E-state index contributed by atoms with van der Waals surface area (Å²) in [7, 11) is 0.